The average molecular weight is 287 g/mol. The van der Waals surface area contributed by atoms with E-state index in [0.717, 1.165) is 38.5 Å². The van der Waals surface area contributed by atoms with Gasteiger partial charge in [-0.25, -0.2) is 22.5 Å². The maximum atomic E-state index is 13.5. The van der Waals surface area contributed by atoms with Crippen molar-refractivity contribution in [3.63, 3.8) is 0 Å². The average Bonchev–Trinajstić information content (AvgIpc) is 2.39. The Kier molecular flexibility index (Phi) is 4.49. The highest BCUT2D eigenvalue weighted by Gasteiger charge is 2.26. The minimum Gasteiger partial charge on any atom is -0.303 e. The molecule has 0 amide bonds. The van der Waals surface area contributed by atoms with Crippen molar-refractivity contribution in [1.29, 1.82) is 0 Å². The van der Waals surface area contributed by atoms with Crippen LogP contribution in [-0.2, 0) is 10.0 Å². The van der Waals surface area contributed by atoms with Gasteiger partial charge in [0, 0.05) is 12.2 Å². The maximum Gasteiger partial charge on any atom is 0.261 e. The van der Waals surface area contributed by atoms with Crippen molar-refractivity contribution in [2.24, 2.45) is 0 Å². The number of hydrogen-bond acceptors (Lipinski definition) is 4. The Morgan fingerprint density at radius 3 is 2.74 bits per heavy atom. The second-order valence-electron chi connectivity index (χ2n) is 4.62. The molecule has 1 fully saturated rings. The maximum absolute atomic E-state index is 13.5. The van der Waals surface area contributed by atoms with Crippen molar-refractivity contribution in [2.45, 2.75) is 30.8 Å². The molecule has 0 saturated carbocycles. The molecule has 106 valence electrons. The van der Waals surface area contributed by atoms with E-state index in [1.165, 1.54) is 12.3 Å². The van der Waals surface area contributed by atoms with Crippen molar-refractivity contribution >= 4 is 10.0 Å². The van der Waals surface area contributed by atoms with E-state index in [2.05, 4.69) is 21.5 Å². The lowest BCUT2D eigenvalue weighted by Crippen LogP contribution is -2.44. The number of rotatable bonds is 4. The van der Waals surface area contributed by atoms with E-state index in [0.29, 0.717) is 0 Å². The van der Waals surface area contributed by atoms with Crippen molar-refractivity contribution in [3.8, 4) is 0 Å². The summed E-state index contributed by atoms with van der Waals surface area (Å²) in [6, 6.07) is 2.32. The molecule has 1 aliphatic rings. The first kappa shape index (κ1) is 14.4. The molecule has 1 aromatic heterocycles. The van der Waals surface area contributed by atoms with E-state index in [1.807, 2.05) is 0 Å². The van der Waals surface area contributed by atoms with E-state index >= 15 is 0 Å². The summed E-state index contributed by atoms with van der Waals surface area (Å²) in [5, 5.41) is -0.520. The van der Waals surface area contributed by atoms with Gasteiger partial charge in [0.15, 0.2) is 5.82 Å². The Morgan fingerprint density at radius 2 is 2.16 bits per heavy atom. The lowest BCUT2D eigenvalue weighted by molar-refractivity contribution is 0.217. The van der Waals surface area contributed by atoms with Crippen LogP contribution in [0.25, 0.3) is 0 Å². The van der Waals surface area contributed by atoms with Gasteiger partial charge in [-0.3, -0.25) is 0 Å². The Bertz CT molecular complexity index is 528. The fourth-order valence-electron chi connectivity index (χ4n) is 2.21. The quantitative estimate of drug-likeness (QED) is 0.897. The van der Waals surface area contributed by atoms with Crippen LogP contribution in [0.4, 0.5) is 4.39 Å². The molecule has 0 bridgehead atoms. The molecule has 1 N–H and O–H groups in total. The van der Waals surface area contributed by atoms with Gasteiger partial charge in [-0.15, -0.1) is 0 Å². The van der Waals surface area contributed by atoms with Crippen molar-refractivity contribution in [1.82, 2.24) is 14.6 Å². The van der Waals surface area contributed by atoms with Crippen LogP contribution in [0.3, 0.4) is 0 Å². The van der Waals surface area contributed by atoms with Crippen LogP contribution in [-0.4, -0.2) is 44.0 Å². The number of pyridine rings is 1. The fourth-order valence-corrected chi connectivity index (χ4v) is 3.52. The third-order valence-corrected chi connectivity index (χ3v) is 4.79. The van der Waals surface area contributed by atoms with Gasteiger partial charge < -0.3 is 4.90 Å². The minimum absolute atomic E-state index is 0.144. The highest BCUT2D eigenvalue weighted by Crippen LogP contribution is 2.15. The Morgan fingerprint density at radius 1 is 1.47 bits per heavy atom. The van der Waals surface area contributed by atoms with E-state index in [1.54, 1.807) is 0 Å². The SMILES string of the molecule is CCN1CCC(NS(=O)(=O)c2ncccc2F)CC1. The number of halogens is 1. The van der Waals surface area contributed by atoms with Gasteiger partial charge in [0.05, 0.1) is 0 Å². The number of piperidine rings is 1. The van der Waals surface area contributed by atoms with E-state index < -0.39 is 20.9 Å². The molecule has 2 heterocycles. The molecule has 5 nitrogen and oxygen atoms in total. The van der Waals surface area contributed by atoms with Crippen LogP contribution >= 0.6 is 0 Å². The highest BCUT2D eigenvalue weighted by atomic mass is 32.2. The third-order valence-electron chi connectivity index (χ3n) is 3.34. The van der Waals surface area contributed by atoms with Crippen LogP contribution in [0, 0.1) is 5.82 Å². The Balaban J connectivity index is 2.05. The van der Waals surface area contributed by atoms with Gasteiger partial charge in [0.2, 0.25) is 5.03 Å². The summed E-state index contributed by atoms with van der Waals surface area (Å²) in [5.74, 6) is -0.819. The van der Waals surface area contributed by atoms with Crippen LogP contribution in [0.1, 0.15) is 19.8 Å². The normalized spacial score (nSPS) is 18.6. The number of nitrogens with zero attached hydrogens (tertiary/aromatic N) is 2. The zero-order valence-corrected chi connectivity index (χ0v) is 11.7. The Labute approximate surface area is 112 Å². The molecule has 0 atom stereocenters. The van der Waals surface area contributed by atoms with E-state index in [-0.39, 0.29) is 6.04 Å². The lowest BCUT2D eigenvalue weighted by Gasteiger charge is -2.31. The van der Waals surface area contributed by atoms with Crippen molar-refractivity contribution in [2.75, 3.05) is 19.6 Å². The second kappa shape index (κ2) is 5.94. The largest absolute Gasteiger partial charge is 0.303 e. The molecule has 2 rings (SSSR count). The van der Waals surface area contributed by atoms with Gasteiger partial charge in [-0.1, -0.05) is 6.92 Å². The number of likely N-dealkylation sites (tertiary alicyclic amines) is 1. The van der Waals surface area contributed by atoms with Gasteiger partial charge >= 0.3 is 0 Å². The molecular formula is C12H18FN3O2S. The number of hydrogen-bond donors (Lipinski definition) is 1. The zero-order chi connectivity index (χ0) is 13.9. The molecule has 0 aliphatic carbocycles. The lowest BCUT2D eigenvalue weighted by atomic mass is 10.1. The minimum atomic E-state index is -3.87. The van der Waals surface area contributed by atoms with Crippen LogP contribution in [0.2, 0.25) is 0 Å². The summed E-state index contributed by atoms with van der Waals surface area (Å²) < 4.78 is 40.1. The number of sulfonamides is 1. The van der Waals surface area contributed by atoms with Gasteiger partial charge in [-0.05, 0) is 44.6 Å². The summed E-state index contributed by atoms with van der Waals surface area (Å²) in [4.78, 5) is 5.87. The number of nitrogens with one attached hydrogen (secondary N) is 1. The van der Waals surface area contributed by atoms with Gasteiger partial charge in [0.1, 0.15) is 0 Å². The molecule has 0 spiro atoms. The first-order chi connectivity index (χ1) is 9.03. The summed E-state index contributed by atoms with van der Waals surface area (Å²) >= 11 is 0. The first-order valence-corrected chi connectivity index (χ1v) is 7.86. The topological polar surface area (TPSA) is 62.3 Å². The van der Waals surface area contributed by atoms with Gasteiger partial charge in [0.25, 0.3) is 10.0 Å². The predicted octanol–water partition coefficient (Wildman–Crippen LogP) is 0.983. The van der Waals surface area contributed by atoms with Crippen molar-refractivity contribution < 1.29 is 12.8 Å². The fraction of sp³-hybridized carbons (Fsp3) is 0.583. The number of aromatic nitrogens is 1. The summed E-state index contributed by atoms with van der Waals surface area (Å²) in [6.07, 6.45) is 2.75. The monoisotopic (exact) mass is 287 g/mol. The standard InChI is InChI=1S/C12H18FN3O2S/c1-2-16-8-5-10(6-9-16)15-19(17,18)12-11(13)4-3-7-14-12/h3-4,7,10,15H,2,5-6,8-9H2,1H3. The summed E-state index contributed by atoms with van der Waals surface area (Å²) in [6.45, 7) is 4.75. The highest BCUT2D eigenvalue weighted by molar-refractivity contribution is 7.89. The molecule has 0 aromatic carbocycles. The van der Waals surface area contributed by atoms with Gasteiger partial charge in [-0.2, -0.15) is 0 Å². The molecular weight excluding hydrogens is 269 g/mol. The summed E-state index contributed by atoms with van der Waals surface area (Å²) in [7, 11) is -3.87. The smallest absolute Gasteiger partial charge is 0.261 e. The zero-order valence-electron chi connectivity index (χ0n) is 10.8. The molecule has 7 heteroatoms. The van der Waals surface area contributed by atoms with Crippen LogP contribution < -0.4 is 4.72 Å². The molecule has 1 aromatic rings. The molecule has 1 aliphatic heterocycles. The Hall–Kier alpha value is -1.05. The molecule has 19 heavy (non-hydrogen) atoms. The second-order valence-corrected chi connectivity index (χ2v) is 6.25. The van der Waals surface area contributed by atoms with E-state index in [9.17, 15) is 12.8 Å². The molecule has 1 saturated heterocycles. The molecule has 0 unspecified atom stereocenters. The van der Waals surface area contributed by atoms with Crippen LogP contribution in [0.5, 0.6) is 0 Å². The van der Waals surface area contributed by atoms with E-state index in [4.69, 9.17) is 0 Å². The van der Waals surface area contributed by atoms with Crippen molar-refractivity contribution in [3.05, 3.63) is 24.1 Å². The summed E-state index contributed by atoms with van der Waals surface area (Å²) in [5.41, 5.74) is 0. The third kappa shape index (κ3) is 3.49. The molecule has 0 radical (unpaired) electrons. The first-order valence-electron chi connectivity index (χ1n) is 6.38. The van der Waals surface area contributed by atoms with Crippen LogP contribution in [0.15, 0.2) is 23.4 Å². The predicted molar refractivity (Wildman–Crippen MR) is 69.7 cm³/mol.